The minimum absolute atomic E-state index is 0.0348. The second-order valence-corrected chi connectivity index (χ2v) is 6.70. The van der Waals surface area contributed by atoms with Gasteiger partial charge in [0.05, 0.1) is 17.9 Å². The number of anilines is 1. The number of fused-ring (bicyclic) bond motifs is 1. The highest BCUT2D eigenvalue weighted by Crippen LogP contribution is 2.28. The molecule has 0 saturated heterocycles. The molecule has 0 radical (unpaired) electrons. The number of carbonyl (C=O) groups is 1. The smallest absolute Gasteiger partial charge is 0.222 e. The second-order valence-electron chi connectivity index (χ2n) is 6.70. The van der Waals surface area contributed by atoms with Gasteiger partial charge in [0.25, 0.3) is 0 Å². The summed E-state index contributed by atoms with van der Waals surface area (Å²) in [4.78, 5) is 25.5. The van der Waals surface area contributed by atoms with Gasteiger partial charge in [-0.1, -0.05) is 36.4 Å². The minimum atomic E-state index is -0.134. The molecule has 7 heteroatoms. The van der Waals surface area contributed by atoms with Crippen LogP contribution in [0.1, 0.15) is 25.1 Å². The maximum absolute atomic E-state index is 12.4. The zero-order chi connectivity index (χ0) is 20.1. The van der Waals surface area contributed by atoms with E-state index in [0.717, 1.165) is 28.4 Å². The fourth-order valence-corrected chi connectivity index (χ4v) is 3.19. The summed E-state index contributed by atoms with van der Waals surface area (Å²) >= 11 is 0. The van der Waals surface area contributed by atoms with Gasteiger partial charge in [0.15, 0.2) is 5.65 Å². The number of carbonyl (C=O) groups excluding carboxylic acids is 1. The molecule has 3 heterocycles. The molecular formula is C22H22N6O. The summed E-state index contributed by atoms with van der Waals surface area (Å²) in [7, 11) is 0. The van der Waals surface area contributed by atoms with Crippen molar-refractivity contribution in [3.05, 3.63) is 79.0 Å². The van der Waals surface area contributed by atoms with Crippen LogP contribution in [0.3, 0.4) is 0 Å². The molecule has 1 amide bonds. The molecule has 29 heavy (non-hydrogen) atoms. The standard InChI is InChI=1S/C22H22N6O/c1-16(18-9-5-6-11-24-18)26-20(29)10-12-25-22-21(17-7-3-2-4-8-17)27-19-15-23-13-14-28(19)22/h2-9,11,13-16,25H,10,12H2,1H3,(H,26,29)/t16-/m0/s1. The van der Waals surface area contributed by atoms with Crippen molar-refractivity contribution in [3.8, 4) is 11.3 Å². The molecule has 0 spiro atoms. The van der Waals surface area contributed by atoms with E-state index in [4.69, 9.17) is 4.98 Å². The number of amides is 1. The first-order chi connectivity index (χ1) is 14.2. The van der Waals surface area contributed by atoms with Gasteiger partial charge in [0, 0.05) is 37.1 Å². The van der Waals surface area contributed by atoms with Crippen molar-refractivity contribution in [1.29, 1.82) is 0 Å². The van der Waals surface area contributed by atoms with Gasteiger partial charge < -0.3 is 10.6 Å². The molecule has 7 nitrogen and oxygen atoms in total. The predicted octanol–water partition coefficient (Wildman–Crippen LogP) is 3.47. The highest BCUT2D eigenvalue weighted by molar-refractivity contribution is 5.78. The molecule has 0 saturated carbocycles. The molecule has 1 atom stereocenters. The van der Waals surface area contributed by atoms with Crippen molar-refractivity contribution in [3.63, 3.8) is 0 Å². The number of pyridine rings is 1. The Hall–Kier alpha value is -3.74. The van der Waals surface area contributed by atoms with Crippen LogP contribution in [0.2, 0.25) is 0 Å². The summed E-state index contributed by atoms with van der Waals surface area (Å²) in [5.74, 6) is 0.812. The van der Waals surface area contributed by atoms with E-state index in [2.05, 4.69) is 20.6 Å². The Kier molecular flexibility index (Phi) is 5.47. The third-order valence-corrected chi connectivity index (χ3v) is 4.63. The van der Waals surface area contributed by atoms with E-state index in [9.17, 15) is 4.79 Å². The van der Waals surface area contributed by atoms with E-state index in [1.165, 1.54) is 0 Å². The highest BCUT2D eigenvalue weighted by Gasteiger charge is 2.15. The Morgan fingerprint density at radius 1 is 1.10 bits per heavy atom. The van der Waals surface area contributed by atoms with Crippen LogP contribution in [0.5, 0.6) is 0 Å². The molecule has 0 bridgehead atoms. The summed E-state index contributed by atoms with van der Waals surface area (Å²) < 4.78 is 1.95. The fourth-order valence-electron chi connectivity index (χ4n) is 3.19. The van der Waals surface area contributed by atoms with Crippen LogP contribution in [-0.4, -0.2) is 31.8 Å². The number of rotatable bonds is 7. The monoisotopic (exact) mass is 386 g/mol. The Balaban J connectivity index is 1.45. The summed E-state index contributed by atoms with van der Waals surface area (Å²) in [5.41, 5.74) is 3.43. The van der Waals surface area contributed by atoms with Crippen LogP contribution in [0.4, 0.5) is 5.82 Å². The third-order valence-electron chi connectivity index (χ3n) is 4.63. The molecule has 0 aliphatic carbocycles. The van der Waals surface area contributed by atoms with Crippen molar-refractivity contribution in [1.82, 2.24) is 24.7 Å². The van der Waals surface area contributed by atoms with Crippen molar-refractivity contribution in [2.24, 2.45) is 0 Å². The summed E-state index contributed by atoms with van der Waals surface area (Å²) in [6, 6.07) is 15.5. The zero-order valence-electron chi connectivity index (χ0n) is 16.1. The lowest BCUT2D eigenvalue weighted by Gasteiger charge is -2.14. The molecule has 0 fully saturated rings. The number of hydrogen-bond donors (Lipinski definition) is 2. The summed E-state index contributed by atoms with van der Waals surface area (Å²) in [6.07, 6.45) is 7.36. The van der Waals surface area contributed by atoms with Gasteiger partial charge in [-0.05, 0) is 19.1 Å². The van der Waals surface area contributed by atoms with Crippen LogP contribution in [-0.2, 0) is 4.79 Å². The van der Waals surface area contributed by atoms with E-state index in [-0.39, 0.29) is 11.9 Å². The van der Waals surface area contributed by atoms with Gasteiger partial charge in [-0.3, -0.25) is 19.2 Å². The number of benzene rings is 1. The molecular weight excluding hydrogens is 364 g/mol. The van der Waals surface area contributed by atoms with Crippen molar-refractivity contribution >= 4 is 17.4 Å². The number of nitrogens with one attached hydrogen (secondary N) is 2. The van der Waals surface area contributed by atoms with Gasteiger partial charge in [0.1, 0.15) is 11.5 Å². The van der Waals surface area contributed by atoms with Crippen molar-refractivity contribution < 1.29 is 4.79 Å². The first kappa shape index (κ1) is 18.6. The quantitative estimate of drug-likeness (QED) is 0.508. The minimum Gasteiger partial charge on any atom is -0.369 e. The molecule has 2 N–H and O–H groups in total. The molecule has 4 rings (SSSR count). The summed E-state index contributed by atoms with van der Waals surface area (Å²) in [6.45, 7) is 2.41. The zero-order valence-corrected chi connectivity index (χ0v) is 16.1. The molecule has 0 aliphatic rings. The summed E-state index contributed by atoms with van der Waals surface area (Å²) in [5, 5.41) is 6.36. The van der Waals surface area contributed by atoms with Crippen LogP contribution in [0.25, 0.3) is 16.9 Å². The fraction of sp³-hybridized carbons (Fsp3) is 0.182. The first-order valence-electron chi connectivity index (χ1n) is 9.54. The van der Waals surface area contributed by atoms with Gasteiger partial charge in [-0.15, -0.1) is 0 Å². The van der Waals surface area contributed by atoms with E-state index < -0.39 is 0 Å². The third kappa shape index (κ3) is 4.24. The van der Waals surface area contributed by atoms with E-state index in [0.29, 0.717) is 13.0 Å². The molecule has 0 aliphatic heterocycles. The van der Waals surface area contributed by atoms with Gasteiger partial charge in [0.2, 0.25) is 5.91 Å². The van der Waals surface area contributed by atoms with Crippen molar-refractivity contribution in [2.75, 3.05) is 11.9 Å². The topological polar surface area (TPSA) is 84.2 Å². The number of hydrogen-bond acceptors (Lipinski definition) is 5. The van der Waals surface area contributed by atoms with Crippen molar-refractivity contribution in [2.45, 2.75) is 19.4 Å². The van der Waals surface area contributed by atoms with Crippen LogP contribution < -0.4 is 10.6 Å². The van der Waals surface area contributed by atoms with E-state index in [1.54, 1.807) is 18.6 Å². The largest absolute Gasteiger partial charge is 0.369 e. The van der Waals surface area contributed by atoms with Gasteiger partial charge >= 0.3 is 0 Å². The Bertz CT molecular complexity index is 1090. The lowest BCUT2D eigenvalue weighted by atomic mass is 10.1. The Morgan fingerprint density at radius 3 is 2.72 bits per heavy atom. The lowest BCUT2D eigenvalue weighted by molar-refractivity contribution is -0.121. The van der Waals surface area contributed by atoms with E-state index in [1.807, 2.05) is 66.1 Å². The van der Waals surface area contributed by atoms with Gasteiger partial charge in [-0.25, -0.2) is 4.98 Å². The molecule has 0 unspecified atom stereocenters. The van der Waals surface area contributed by atoms with Crippen LogP contribution >= 0.6 is 0 Å². The maximum Gasteiger partial charge on any atom is 0.222 e. The number of aromatic nitrogens is 4. The Labute approximate surface area is 168 Å². The molecule has 3 aromatic heterocycles. The lowest BCUT2D eigenvalue weighted by Crippen LogP contribution is -2.28. The normalized spacial score (nSPS) is 11.9. The first-order valence-corrected chi connectivity index (χ1v) is 9.54. The number of nitrogens with zero attached hydrogens (tertiary/aromatic N) is 4. The van der Waals surface area contributed by atoms with Gasteiger partial charge in [-0.2, -0.15) is 0 Å². The Morgan fingerprint density at radius 2 is 1.93 bits per heavy atom. The SMILES string of the molecule is C[C@H](NC(=O)CCNc1c(-c2ccccc2)nc2cnccn12)c1ccccn1. The molecule has 4 aromatic rings. The van der Waals surface area contributed by atoms with Crippen LogP contribution in [0.15, 0.2) is 73.3 Å². The van der Waals surface area contributed by atoms with E-state index >= 15 is 0 Å². The number of imidazole rings is 1. The highest BCUT2D eigenvalue weighted by atomic mass is 16.1. The average Bonchev–Trinajstić information content (AvgIpc) is 3.14. The molecule has 1 aromatic carbocycles. The maximum atomic E-state index is 12.4. The predicted molar refractivity (Wildman–Crippen MR) is 112 cm³/mol. The van der Waals surface area contributed by atoms with Crippen LogP contribution in [0, 0.1) is 0 Å². The molecule has 146 valence electrons. The second kappa shape index (κ2) is 8.52. The average molecular weight is 386 g/mol.